The number of carbonyl (C=O) groups excluding carboxylic acids is 2. The predicted molar refractivity (Wildman–Crippen MR) is 161 cm³/mol. The predicted octanol–water partition coefficient (Wildman–Crippen LogP) is 3.97. The van der Waals surface area contributed by atoms with E-state index in [1.54, 1.807) is 23.1 Å². The van der Waals surface area contributed by atoms with Crippen LogP contribution in [-0.4, -0.2) is 60.4 Å². The van der Waals surface area contributed by atoms with Crippen molar-refractivity contribution in [1.29, 1.82) is 0 Å². The van der Waals surface area contributed by atoms with E-state index in [9.17, 15) is 27.2 Å². The molecule has 1 atom stereocenters. The number of ether oxygens (including phenoxy) is 2. The summed E-state index contributed by atoms with van der Waals surface area (Å²) in [5.74, 6) is -2.45. The van der Waals surface area contributed by atoms with Gasteiger partial charge < -0.3 is 29.8 Å². The molecule has 2 aromatic carbocycles. The third-order valence-corrected chi connectivity index (χ3v) is 7.69. The Morgan fingerprint density at radius 3 is 2.11 bits per heavy atom. The molecule has 0 aliphatic carbocycles. The number of hydrogen-bond acceptors (Lipinski definition) is 7. The number of carboxylic acids is 2. The summed E-state index contributed by atoms with van der Waals surface area (Å²) in [5, 5.41) is 20.1. The molecule has 1 saturated heterocycles. The second-order valence-corrected chi connectivity index (χ2v) is 10.9. The van der Waals surface area contributed by atoms with E-state index in [2.05, 4.69) is 17.2 Å². The van der Waals surface area contributed by atoms with Crippen LogP contribution in [0.15, 0.2) is 54.7 Å². The number of aliphatic carboxylic acids is 1. The van der Waals surface area contributed by atoms with E-state index in [1.807, 2.05) is 26.0 Å². The number of carbonyl (C=O) groups is 3. The summed E-state index contributed by atoms with van der Waals surface area (Å²) in [6, 6.07) is 13.4. The van der Waals surface area contributed by atoms with Crippen molar-refractivity contribution in [3.05, 3.63) is 71.7 Å². The molecule has 4 rings (SSSR count). The summed E-state index contributed by atoms with van der Waals surface area (Å²) < 4.78 is 57.1. The largest absolute Gasteiger partial charge is 0.542 e. The van der Waals surface area contributed by atoms with E-state index in [0.29, 0.717) is 50.0 Å². The number of aromatic nitrogens is 1. The topological polar surface area (TPSA) is 146 Å². The number of anilines is 1. The number of halogens is 4. The molecule has 14 heteroatoms. The fraction of sp³-hybridized carbons (Fsp3) is 0.394. The van der Waals surface area contributed by atoms with E-state index in [0.717, 1.165) is 36.1 Å². The number of quaternary nitrogens is 1. The van der Waals surface area contributed by atoms with Gasteiger partial charge in [0.15, 0.2) is 0 Å². The molecule has 1 aliphatic heterocycles. The number of amides is 1. The molecule has 1 fully saturated rings. The minimum Gasteiger partial charge on any atom is -0.542 e. The zero-order valence-electron chi connectivity index (χ0n) is 26.2. The molecule has 10 nitrogen and oxygen atoms in total. The Morgan fingerprint density at radius 1 is 1.04 bits per heavy atom. The van der Waals surface area contributed by atoms with Crippen LogP contribution in [0.2, 0.25) is 0 Å². The number of hydrogen-bond donors (Lipinski definition) is 2. The molecule has 0 bridgehead atoms. The summed E-state index contributed by atoms with van der Waals surface area (Å²) in [6.07, 6.45) is -1.76. The first-order chi connectivity index (χ1) is 22.2. The van der Waals surface area contributed by atoms with Gasteiger partial charge in [0, 0.05) is 36.6 Å². The first-order valence-electron chi connectivity index (χ1n) is 15.0. The molecule has 3 aromatic rings. The van der Waals surface area contributed by atoms with Crippen LogP contribution in [0.3, 0.4) is 0 Å². The molecule has 1 aromatic heterocycles. The fourth-order valence-electron chi connectivity index (χ4n) is 5.24. The number of pyridine rings is 1. The molecular weight excluding hydrogens is 626 g/mol. The molecule has 0 saturated carbocycles. The highest BCUT2D eigenvalue weighted by atomic mass is 19.4. The van der Waals surface area contributed by atoms with Gasteiger partial charge in [-0.15, -0.1) is 0 Å². The zero-order valence-corrected chi connectivity index (χ0v) is 26.2. The quantitative estimate of drug-likeness (QED) is 0.207. The van der Waals surface area contributed by atoms with Crippen molar-refractivity contribution in [1.82, 2.24) is 4.98 Å². The fourth-order valence-corrected chi connectivity index (χ4v) is 5.24. The lowest BCUT2D eigenvalue weighted by molar-refractivity contribution is -0.672. The number of rotatable bonds is 13. The van der Waals surface area contributed by atoms with Gasteiger partial charge in [0.05, 0.1) is 30.9 Å². The van der Waals surface area contributed by atoms with Crippen LogP contribution in [0.4, 0.5) is 23.4 Å². The Bertz CT molecular complexity index is 1510. The Kier molecular flexibility index (Phi) is 12.7. The van der Waals surface area contributed by atoms with Gasteiger partial charge in [0.25, 0.3) is 0 Å². The normalized spacial score (nSPS) is 16.0. The van der Waals surface area contributed by atoms with Crippen LogP contribution in [-0.2, 0) is 16.1 Å². The summed E-state index contributed by atoms with van der Waals surface area (Å²) in [6.45, 7) is 9.04. The van der Waals surface area contributed by atoms with Crippen molar-refractivity contribution in [3.63, 3.8) is 0 Å². The van der Waals surface area contributed by atoms with Crippen LogP contribution in [0.1, 0.15) is 56.0 Å². The molecule has 3 N–H and O–H groups in total. The maximum Gasteiger partial charge on any atom is 0.430 e. The lowest BCUT2D eigenvalue weighted by atomic mass is 9.81. The summed E-state index contributed by atoms with van der Waals surface area (Å²) in [4.78, 5) is 38.7. The number of nitrogens with two attached hydrogens (primary N) is 1. The third-order valence-electron chi connectivity index (χ3n) is 7.69. The average molecular weight is 664 g/mol. The molecule has 254 valence electrons. The summed E-state index contributed by atoms with van der Waals surface area (Å²) >= 11 is 0. The van der Waals surface area contributed by atoms with Gasteiger partial charge in [-0.3, -0.25) is 9.69 Å². The van der Waals surface area contributed by atoms with E-state index >= 15 is 0 Å². The highest BCUT2D eigenvalue weighted by Gasteiger charge is 2.43. The minimum atomic E-state index is -5.19. The number of nitrogens with zero attached hydrogens (tertiary/aromatic N) is 2. The molecule has 0 spiro atoms. The monoisotopic (exact) mass is 663 g/mol. The van der Waals surface area contributed by atoms with Crippen LogP contribution in [0.5, 0.6) is 11.5 Å². The van der Waals surface area contributed by atoms with Crippen molar-refractivity contribution < 1.29 is 56.9 Å². The van der Waals surface area contributed by atoms with Crippen molar-refractivity contribution in [2.24, 2.45) is 5.41 Å². The van der Waals surface area contributed by atoms with E-state index in [-0.39, 0.29) is 22.7 Å². The van der Waals surface area contributed by atoms with Gasteiger partial charge in [0.1, 0.15) is 35.6 Å². The molecule has 1 aliphatic rings. The Morgan fingerprint density at radius 2 is 1.64 bits per heavy atom. The molecular formula is C33H37F4N3O7. The average Bonchev–Trinajstić information content (AvgIpc) is 3.36. The lowest BCUT2D eigenvalue weighted by Gasteiger charge is -2.26. The number of alkyl halides is 3. The van der Waals surface area contributed by atoms with Crippen molar-refractivity contribution in [2.75, 3.05) is 31.2 Å². The number of benzene rings is 2. The minimum absolute atomic E-state index is 0.0107. The van der Waals surface area contributed by atoms with Crippen LogP contribution in [0.25, 0.3) is 11.1 Å². The first-order valence-corrected chi connectivity index (χ1v) is 15.0. The standard InChI is InChI=1S/C31H36FN3O5.C2HF3O2/c1-4-31(17-28(36)35(20-31)27-12-9-23(19-34-27)30(37)38)13-14-33-18-21-15-25(39-5-2)29(26(16-21)40-6-3)22-7-10-24(32)11-8-22;3-2(4,5)1(6)7/h7-12,15-16,19,33H,4-6,13-14,17-18,20H2,1-3H3,(H,37,38);(H,6,7). The Labute approximate surface area is 269 Å². The lowest BCUT2D eigenvalue weighted by Crippen LogP contribution is -2.83. The van der Waals surface area contributed by atoms with Gasteiger partial charge in [-0.05, 0) is 62.2 Å². The van der Waals surface area contributed by atoms with Crippen LogP contribution in [0, 0.1) is 11.2 Å². The van der Waals surface area contributed by atoms with E-state index in [1.165, 1.54) is 24.4 Å². The highest BCUT2D eigenvalue weighted by Crippen LogP contribution is 2.41. The van der Waals surface area contributed by atoms with Gasteiger partial charge in [0.2, 0.25) is 5.91 Å². The van der Waals surface area contributed by atoms with Crippen LogP contribution >= 0.6 is 0 Å². The van der Waals surface area contributed by atoms with Crippen molar-refractivity contribution in [2.45, 2.75) is 52.8 Å². The SMILES string of the molecule is CCOc1cc(C[NH2+]CCC2(CC)CC(=O)N(c3ccc(C(=O)O)cn3)C2)cc(OCC)c1-c1ccc(F)cc1.O=C([O-])C(F)(F)F. The second kappa shape index (κ2) is 16.2. The maximum absolute atomic E-state index is 13.6. The van der Waals surface area contributed by atoms with E-state index < -0.39 is 18.1 Å². The van der Waals surface area contributed by atoms with Crippen molar-refractivity contribution >= 4 is 23.7 Å². The Hall–Kier alpha value is -4.72. The Balaban J connectivity index is 0.000000771. The van der Waals surface area contributed by atoms with Gasteiger partial charge in [-0.2, -0.15) is 13.2 Å². The van der Waals surface area contributed by atoms with Crippen LogP contribution < -0.4 is 24.8 Å². The number of aromatic carboxylic acids is 1. The number of carboxylic acid groups (broad SMARTS) is 2. The van der Waals surface area contributed by atoms with E-state index in [4.69, 9.17) is 24.5 Å². The van der Waals surface area contributed by atoms with Crippen molar-refractivity contribution in [3.8, 4) is 22.6 Å². The highest BCUT2D eigenvalue weighted by molar-refractivity contribution is 5.96. The molecule has 0 radical (unpaired) electrons. The first kappa shape index (κ1) is 36.7. The molecule has 1 amide bonds. The third kappa shape index (κ3) is 9.88. The maximum atomic E-state index is 13.6. The smallest absolute Gasteiger partial charge is 0.430 e. The molecule has 2 heterocycles. The molecule has 47 heavy (non-hydrogen) atoms. The van der Waals surface area contributed by atoms with Gasteiger partial charge in [-0.25, -0.2) is 14.2 Å². The van der Waals surface area contributed by atoms with Gasteiger partial charge in [-0.1, -0.05) is 19.1 Å². The van der Waals surface area contributed by atoms with Gasteiger partial charge >= 0.3 is 12.1 Å². The zero-order chi connectivity index (χ0) is 34.8. The second-order valence-electron chi connectivity index (χ2n) is 10.9. The summed E-state index contributed by atoms with van der Waals surface area (Å²) in [5.41, 5.74) is 2.62. The molecule has 1 unspecified atom stereocenters. The summed E-state index contributed by atoms with van der Waals surface area (Å²) in [7, 11) is 0.